The van der Waals surface area contributed by atoms with E-state index in [9.17, 15) is 0 Å². The standard InChI is InChI=1S/C17H29NO2/c1-7-10-18-17(12(2)3)13(4)15-9-8-14(19-5)11-16(15)20-6/h8-9,11-13,17-18H,7,10H2,1-6H3. The first-order valence-corrected chi connectivity index (χ1v) is 7.50. The fourth-order valence-corrected chi connectivity index (χ4v) is 2.69. The lowest BCUT2D eigenvalue weighted by Crippen LogP contribution is -2.38. The zero-order valence-corrected chi connectivity index (χ0v) is 13.7. The van der Waals surface area contributed by atoms with Crippen LogP contribution in [0.15, 0.2) is 18.2 Å². The van der Waals surface area contributed by atoms with Crippen LogP contribution >= 0.6 is 0 Å². The third kappa shape index (κ3) is 4.14. The molecule has 0 fully saturated rings. The molecule has 0 aromatic heterocycles. The zero-order chi connectivity index (χ0) is 15.1. The molecule has 114 valence electrons. The van der Waals surface area contributed by atoms with Gasteiger partial charge in [-0.2, -0.15) is 0 Å². The number of ether oxygens (including phenoxy) is 2. The van der Waals surface area contributed by atoms with E-state index in [2.05, 4.69) is 39.1 Å². The van der Waals surface area contributed by atoms with Gasteiger partial charge in [0.15, 0.2) is 0 Å². The van der Waals surface area contributed by atoms with E-state index in [1.807, 2.05) is 12.1 Å². The van der Waals surface area contributed by atoms with Crippen LogP contribution in [0.2, 0.25) is 0 Å². The summed E-state index contributed by atoms with van der Waals surface area (Å²) < 4.78 is 10.8. The van der Waals surface area contributed by atoms with Crippen molar-refractivity contribution in [3.63, 3.8) is 0 Å². The van der Waals surface area contributed by atoms with Gasteiger partial charge in [-0.05, 0) is 30.5 Å². The normalized spacial score (nSPS) is 14.2. The van der Waals surface area contributed by atoms with Crippen LogP contribution in [0.3, 0.4) is 0 Å². The van der Waals surface area contributed by atoms with Crippen LogP contribution in [0.5, 0.6) is 11.5 Å². The number of methoxy groups -OCH3 is 2. The Hall–Kier alpha value is -1.22. The summed E-state index contributed by atoms with van der Waals surface area (Å²) in [6.07, 6.45) is 1.15. The lowest BCUT2D eigenvalue weighted by molar-refractivity contribution is 0.340. The third-order valence-electron chi connectivity index (χ3n) is 3.82. The van der Waals surface area contributed by atoms with Crippen molar-refractivity contribution in [3.8, 4) is 11.5 Å². The van der Waals surface area contributed by atoms with Gasteiger partial charge in [0.25, 0.3) is 0 Å². The van der Waals surface area contributed by atoms with Gasteiger partial charge < -0.3 is 14.8 Å². The highest BCUT2D eigenvalue weighted by atomic mass is 16.5. The van der Waals surface area contributed by atoms with Crippen LogP contribution in [-0.4, -0.2) is 26.8 Å². The van der Waals surface area contributed by atoms with Gasteiger partial charge in [0.05, 0.1) is 14.2 Å². The number of nitrogens with one attached hydrogen (secondary N) is 1. The van der Waals surface area contributed by atoms with Crippen LogP contribution in [0.1, 0.15) is 45.6 Å². The molecule has 1 aromatic rings. The first-order chi connectivity index (χ1) is 9.54. The molecule has 0 saturated carbocycles. The maximum absolute atomic E-state index is 5.54. The van der Waals surface area contributed by atoms with Gasteiger partial charge in [0.1, 0.15) is 11.5 Å². The van der Waals surface area contributed by atoms with Crippen LogP contribution in [-0.2, 0) is 0 Å². The number of hydrogen-bond donors (Lipinski definition) is 1. The summed E-state index contributed by atoms with van der Waals surface area (Å²) in [5, 5.41) is 3.66. The van der Waals surface area contributed by atoms with Crippen LogP contribution in [0.25, 0.3) is 0 Å². The Bertz CT molecular complexity index is 404. The van der Waals surface area contributed by atoms with Crippen molar-refractivity contribution in [3.05, 3.63) is 23.8 Å². The largest absolute Gasteiger partial charge is 0.497 e. The number of benzene rings is 1. The quantitative estimate of drug-likeness (QED) is 0.784. The number of hydrogen-bond acceptors (Lipinski definition) is 3. The van der Waals surface area contributed by atoms with Crippen LogP contribution in [0.4, 0.5) is 0 Å². The molecule has 1 aromatic carbocycles. The maximum Gasteiger partial charge on any atom is 0.126 e. The highest BCUT2D eigenvalue weighted by Crippen LogP contribution is 2.33. The summed E-state index contributed by atoms with van der Waals surface area (Å²) in [6.45, 7) is 10.0. The SMILES string of the molecule is CCCNC(C(C)C)C(C)c1ccc(OC)cc1OC. The second-order valence-electron chi connectivity index (χ2n) is 5.62. The van der Waals surface area contributed by atoms with Crippen molar-refractivity contribution in [2.24, 2.45) is 5.92 Å². The summed E-state index contributed by atoms with van der Waals surface area (Å²) in [7, 11) is 3.40. The van der Waals surface area contributed by atoms with Crippen molar-refractivity contribution in [2.45, 2.75) is 46.1 Å². The summed E-state index contributed by atoms with van der Waals surface area (Å²) in [5.74, 6) is 2.70. The van der Waals surface area contributed by atoms with Crippen molar-refractivity contribution < 1.29 is 9.47 Å². The first-order valence-electron chi connectivity index (χ1n) is 7.50. The Kier molecular flexibility index (Phi) is 6.86. The van der Waals surface area contributed by atoms with E-state index in [0.29, 0.717) is 17.9 Å². The molecule has 1 rings (SSSR count). The lowest BCUT2D eigenvalue weighted by Gasteiger charge is -2.30. The molecule has 0 bridgehead atoms. The molecule has 20 heavy (non-hydrogen) atoms. The van der Waals surface area contributed by atoms with Crippen LogP contribution < -0.4 is 14.8 Å². The molecule has 3 heteroatoms. The molecular weight excluding hydrogens is 250 g/mol. The van der Waals surface area contributed by atoms with Gasteiger partial charge in [0.2, 0.25) is 0 Å². The first kappa shape index (κ1) is 16.8. The van der Waals surface area contributed by atoms with E-state index in [0.717, 1.165) is 24.5 Å². The molecule has 1 N–H and O–H groups in total. The van der Waals surface area contributed by atoms with Crippen molar-refractivity contribution >= 4 is 0 Å². The Labute approximate surface area is 123 Å². The lowest BCUT2D eigenvalue weighted by atomic mass is 9.85. The smallest absolute Gasteiger partial charge is 0.126 e. The van der Waals surface area contributed by atoms with E-state index >= 15 is 0 Å². The number of rotatable bonds is 8. The summed E-state index contributed by atoms with van der Waals surface area (Å²) in [4.78, 5) is 0. The molecule has 2 atom stereocenters. The molecule has 0 radical (unpaired) electrons. The fraction of sp³-hybridized carbons (Fsp3) is 0.647. The van der Waals surface area contributed by atoms with Gasteiger partial charge in [0, 0.05) is 18.0 Å². The van der Waals surface area contributed by atoms with E-state index in [1.54, 1.807) is 14.2 Å². The predicted octanol–water partition coefficient (Wildman–Crippen LogP) is 3.83. The second kappa shape index (κ2) is 8.15. The molecule has 3 nitrogen and oxygen atoms in total. The Morgan fingerprint density at radius 3 is 2.30 bits per heavy atom. The molecule has 2 unspecified atom stereocenters. The average molecular weight is 279 g/mol. The molecule has 0 heterocycles. The van der Waals surface area contributed by atoms with E-state index in [4.69, 9.17) is 9.47 Å². The average Bonchev–Trinajstić information content (AvgIpc) is 2.46. The summed E-state index contributed by atoms with van der Waals surface area (Å²) >= 11 is 0. The monoisotopic (exact) mass is 279 g/mol. The van der Waals surface area contributed by atoms with Crippen LogP contribution in [0, 0.1) is 5.92 Å². The van der Waals surface area contributed by atoms with Gasteiger partial charge in [-0.3, -0.25) is 0 Å². The summed E-state index contributed by atoms with van der Waals surface area (Å²) in [5.41, 5.74) is 1.23. The topological polar surface area (TPSA) is 30.5 Å². The van der Waals surface area contributed by atoms with Crippen molar-refractivity contribution in [2.75, 3.05) is 20.8 Å². The summed E-state index contributed by atoms with van der Waals surface area (Å²) in [6, 6.07) is 6.53. The van der Waals surface area contributed by atoms with E-state index in [1.165, 1.54) is 5.56 Å². The zero-order valence-electron chi connectivity index (χ0n) is 13.7. The molecular formula is C17H29NO2. The molecule has 0 aliphatic rings. The highest BCUT2D eigenvalue weighted by Gasteiger charge is 2.24. The van der Waals surface area contributed by atoms with E-state index < -0.39 is 0 Å². The molecule has 0 amide bonds. The van der Waals surface area contributed by atoms with Gasteiger partial charge in [-0.15, -0.1) is 0 Å². The second-order valence-corrected chi connectivity index (χ2v) is 5.62. The van der Waals surface area contributed by atoms with Crippen molar-refractivity contribution in [1.29, 1.82) is 0 Å². The van der Waals surface area contributed by atoms with Crippen molar-refractivity contribution in [1.82, 2.24) is 5.32 Å². The fourth-order valence-electron chi connectivity index (χ4n) is 2.69. The molecule has 0 spiro atoms. The third-order valence-corrected chi connectivity index (χ3v) is 3.82. The minimum atomic E-state index is 0.391. The predicted molar refractivity (Wildman–Crippen MR) is 84.9 cm³/mol. The van der Waals surface area contributed by atoms with Gasteiger partial charge in [-0.25, -0.2) is 0 Å². The minimum absolute atomic E-state index is 0.391. The molecule has 0 aliphatic heterocycles. The Morgan fingerprint density at radius 1 is 1.10 bits per heavy atom. The Morgan fingerprint density at radius 2 is 1.80 bits per heavy atom. The molecule has 0 saturated heterocycles. The maximum atomic E-state index is 5.54. The minimum Gasteiger partial charge on any atom is -0.497 e. The van der Waals surface area contributed by atoms with Gasteiger partial charge >= 0.3 is 0 Å². The Balaban J connectivity index is 3.01. The van der Waals surface area contributed by atoms with Gasteiger partial charge in [-0.1, -0.05) is 33.8 Å². The van der Waals surface area contributed by atoms with E-state index in [-0.39, 0.29) is 0 Å². The highest BCUT2D eigenvalue weighted by molar-refractivity contribution is 5.43. The molecule has 0 aliphatic carbocycles.